The smallest absolute Gasteiger partial charge is 0.345 e. The van der Waals surface area contributed by atoms with E-state index < -0.39 is 12.5 Å². The molecule has 1 unspecified atom stereocenters. The number of methoxy groups -OCH3 is 1. The van der Waals surface area contributed by atoms with E-state index in [1.807, 2.05) is 6.92 Å². The molecule has 152 valence electrons. The molecule has 0 spiro atoms. The van der Waals surface area contributed by atoms with Gasteiger partial charge in [-0.05, 0) is 49.5 Å². The van der Waals surface area contributed by atoms with Crippen LogP contribution in [0.5, 0.6) is 0 Å². The van der Waals surface area contributed by atoms with Crippen molar-refractivity contribution in [1.82, 2.24) is 5.01 Å². The lowest BCUT2D eigenvalue weighted by molar-refractivity contribution is -0.135. The highest BCUT2D eigenvalue weighted by molar-refractivity contribution is 8.66. The van der Waals surface area contributed by atoms with Crippen molar-refractivity contribution < 1.29 is 27.5 Å². The Bertz CT molecular complexity index is 1070. The zero-order chi connectivity index (χ0) is 20.6. The maximum Gasteiger partial charge on any atom is 0.345 e. The van der Waals surface area contributed by atoms with Crippen LogP contribution in [0.1, 0.15) is 25.4 Å². The molecule has 8 nitrogen and oxygen atoms in total. The molecule has 0 aromatic carbocycles. The zero-order valence-electron chi connectivity index (χ0n) is 16.1. The average Bonchev–Trinajstić information content (AvgIpc) is 3.45. The quantitative estimate of drug-likeness (QED) is 0.473. The number of hydrazone groups is 1. The number of nitrogens with zero attached hydrogens (tertiary/aromatic N) is 2. The number of rotatable bonds is 6. The van der Waals surface area contributed by atoms with Crippen molar-refractivity contribution in [1.29, 1.82) is 0 Å². The minimum Gasteiger partial charge on any atom is -0.465 e. The van der Waals surface area contributed by atoms with E-state index in [9.17, 15) is 9.36 Å². The first-order valence-corrected chi connectivity index (χ1v) is 12.0. The van der Waals surface area contributed by atoms with Gasteiger partial charge in [0.1, 0.15) is 21.8 Å². The van der Waals surface area contributed by atoms with Crippen LogP contribution in [0, 0.1) is 0 Å². The summed E-state index contributed by atoms with van der Waals surface area (Å²) in [5.74, 6) is 0.312. The lowest BCUT2D eigenvalue weighted by Crippen LogP contribution is -2.24. The van der Waals surface area contributed by atoms with Crippen molar-refractivity contribution in [3.05, 3.63) is 59.2 Å². The van der Waals surface area contributed by atoms with Gasteiger partial charge < -0.3 is 18.1 Å². The summed E-state index contributed by atoms with van der Waals surface area (Å²) in [5, 5.41) is 6.77. The Labute approximate surface area is 171 Å². The van der Waals surface area contributed by atoms with E-state index in [2.05, 4.69) is 5.10 Å². The fraction of sp³-hybridized carbons (Fsp3) is 0.263. The maximum absolute atomic E-state index is 13.6. The molecule has 0 amide bonds. The van der Waals surface area contributed by atoms with Crippen molar-refractivity contribution in [3.63, 3.8) is 0 Å². The second-order valence-electron chi connectivity index (χ2n) is 6.02. The van der Waals surface area contributed by atoms with Gasteiger partial charge in [-0.2, -0.15) is 5.10 Å². The second kappa shape index (κ2) is 7.74. The monoisotopic (exact) mass is 434 g/mol. The number of allylic oxidation sites excluding steroid dienone is 1. The fourth-order valence-electron chi connectivity index (χ4n) is 3.27. The predicted molar refractivity (Wildman–Crippen MR) is 110 cm³/mol. The first-order valence-electron chi connectivity index (χ1n) is 9.00. The molecule has 4 heterocycles. The van der Waals surface area contributed by atoms with E-state index in [4.69, 9.17) is 18.1 Å². The Kier molecular flexibility index (Phi) is 5.29. The molecular weight excluding hydrogens is 415 g/mol. The summed E-state index contributed by atoms with van der Waals surface area (Å²) < 4.78 is 35.5. The van der Waals surface area contributed by atoms with Crippen LogP contribution < -0.4 is 0 Å². The molecule has 1 atom stereocenters. The van der Waals surface area contributed by atoms with Gasteiger partial charge in [-0.25, -0.2) is 4.79 Å². The highest BCUT2D eigenvalue weighted by atomic mass is 32.7. The average molecular weight is 434 g/mol. The summed E-state index contributed by atoms with van der Waals surface area (Å²) in [7, 11) is 1.25. The van der Waals surface area contributed by atoms with E-state index in [-0.39, 0.29) is 11.9 Å². The SMILES string of the molecule is CCOP1(=O)SC2=NN(CC)C(c3ccco3)=C(c3ccco3)C2=C1C(=O)OC. The lowest BCUT2D eigenvalue weighted by atomic mass is 9.98. The Morgan fingerprint density at radius 3 is 2.41 bits per heavy atom. The van der Waals surface area contributed by atoms with Crippen molar-refractivity contribution in [2.24, 2.45) is 5.10 Å². The van der Waals surface area contributed by atoms with Crippen LogP contribution in [0.4, 0.5) is 0 Å². The first kappa shape index (κ1) is 19.8. The molecule has 0 aliphatic carbocycles. The summed E-state index contributed by atoms with van der Waals surface area (Å²) in [5.41, 5.74) is 1.56. The summed E-state index contributed by atoms with van der Waals surface area (Å²) in [6.45, 7) is 0.769. The number of furan rings is 2. The fourth-order valence-corrected chi connectivity index (χ4v) is 7.73. The summed E-state index contributed by atoms with van der Waals surface area (Å²) in [6.07, 6.45) is 3.09. The normalized spacial score (nSPS) is 21.5. The van der Waals surface area contributed by atoms with Crippen LogP contribution in [-0.4, -0.2) is 36.3 Å². The molecule has 0 bridgehead atoms. The van der Waals surface area contributed by atoms with E-state index in [1.165, 1.54) is 13.4 Å². The largest absolute Gasteiger partial charge is 0.465 e. The molecule has 0 fully saturated rings. The summed E-state index contributed by atoms with van der Waals surface area (Å²) in [6, 6.07) is 7.07. The molecule has 4 rings (SSSR count). The standard InChI is InChI=1S/C19H19N2O6PS/c1-4-21-16(13-9-7-11-26-13)14(12-8-6-10-25-12)15-17(19(22)24-3)28(23,27-5-2)29-18(15)20-21/h6-11H,4-5H2,1-3H3. The number of carbonyl (C=O) groups is 1. The van der Waals surface area contributed by atoms with Gasteiger partial charge in [0.25, 0.3) is 0 Å². The van der Waals surface area contributed by atoms with Gasteiger partial charge in [-0.3, -0.25) is 9.57 Å². The molecule has 0 saturated carbocycles. The zero-order valence-corrected chi connectivity index (χ0v) is 17.8. The molecule has 10 heteroatoms. The Hall–Kier alpha value is -2.48. The van der Waals surface area contributed by atoms with Gasteiger partial charge in [0.15, 0.2) is 5.76 Å². The number of ether oxygens (including phenoxy) is 1. The number of fused-ring (bicyclic) bond motifs is 1. The van der Waals surface area contributed by atoms with Gasteiger partial charge in [0.2, 0.25) is 0 Å². The van der Waals surface area contributed by atoms with Crippen LogP contribution in [0.3, 0.4) is 0 Å². The molecule has 0 saturated heterocycles. The topological polar surface area (TPSA) is 94.5 Å². The van der Waals surface area contributed by atoms with Gasteiger partial charge in [-0.15, -0.1) is 0 Å². The van der Waals surface area contributed by atoms with Gasteiger partial charge in [0, 0.05) is 12.1 Å². The number of carbonyl (C=O) groups excluding carboxylic acids is 1. The van der Waals surface area contributed by atoms with E-state index in [0.29, 0.717) is 40.0 Å². The van der Waals surface area contributed by atoms with Crippen LogP contribution >= 0.6 is 18.0 Å². The highest BCUT2D eigenvalue weighted by Crippen LogP contribution is 2.74. The molecule has 2 aliphatic heterocycles. The van der Waals surface area contributed by atoms with Crippen LogP contribution in [-0.2, 0) is 18.6 Å². The van der Waals surface area contributed by atoms with Crippen LogP contribution in [0.15, 0.2) is 61.6 Å². The summed E-state index contributed by atoms with van der Waals surface area (Å²) >= 11 is 0.953. The number of hydrogen-bond acceptors (Lipinski definition) is 9. The van der Waals surface area contributed by atoms with E-state index in [1.54, 1.807) is 42.5 Å². The van der Waals surface area contributed by atoms with Gasteiger partial charge in [0.05, 0.1) is 31.8 Å². The number of esters is 1. The molecule has 0 N–H and O–H groups in total. The molecule has 2 aliphatic rings. The highest BCUT2D eigenvalue weighted by Gasteiger charge is 2.51. The van der Waals surface area contributed by atoms with Crippen molar-refractivity contribution in [2.75, 3.05) is 20.3 Å². The van der Waals surface area contributed by atoms with Gasteiger partial charge >= 0.3 is 12.5 Å². The minimum absolute atomic E-state index is 0.0307. The predicted octanol–water partition coefficient (Wildman–Crippen LogP) is 4.79. The van der Waals surface area contributed by atoms with Crippen LogP contribution in [0.25, 0.3) is 11.3 Å². The Balaban J connectivity index is 2.09. The van der Waals surface area contributed by atoms with E-state index in [0.717, 1.165) is 11.4 Å². The number of hydrogen-bond donors (Lipinski definition) is 0. The maximum atomic E-state index is 13.6. The van der Waals surface area contributed by atoms with Crippen LogP contribution in [0.2, 0.25) is 0 Å². The Morgan fingerprint density at radius 2 is 1.86 bits per heavy atom. The van der Waals surface area contributed by atoms with Gasteiger partial charge in [-0.1, -0.05) is 0 Å². The van der Waals surface area contributed by atoms with E-state index >= 15 is 0 Å². The summed E-state index contributed by atoms with van der Waals surface area (Å²) in [4.78, 5) is 12.7. The van der Waals surface area contributed by atoms with Crippen molar-refractivity contribution >= 4 is 40.2 Å². The minimum atomic E-state index is -3.58. The molecule has 29 heavy (non-hydrogen) atoms. The lowest BCUT2D eigenvalue weighted by Gasteiger charge is -2.27. The third-order valence-corrected chi connectivity index (χ3v) is 8.74. The molecular formula is C19H19N2O6PS. The molecule has 2 aromatic heterocycles. The molecule has 0 radical (unpaired) electrons. The first-order chi connectivity index (χ1) is 14.0. The third-order valence-electron chi connectivity index (χ3n) is 4.39. The molecule has 2 aromatic rings. The van der Waals surface area contributed by atoms with Crippen molar-refractivity contribution in [2.45, 2.75) is 13.8 Å². The third kappa shape index (κ3) is 3.19. The van der Waals surface area contributed by atoms with Crippen molar-refractivity contribution in [3.8, 4) is 0 Å². The second-order valence-corrected chi connectivity index (χ2v) is 10.3. The Morgan fingerprint density at radius 1 is 1.17 bits per heavy atom.